The van der Waals surface area contributed by atoms with Crippen molar-refractivity contribution >= 4 is 15.2 Å². The first kappa shape index (κ1) is 13.1. The lowest BCUT2D eigenvalue weighted by molar-refractivity contribution is 0.176. The van der Waals surface area contributed by atoms with E-state index >= 15 is 0 Å². The summed E-state index contributed by atoms with van der Waals surface area (Å²) < 4.78 is 35.8. The van der Waals surface area contributed by atoms with E-state index in [1.807, 2.05) is 0 Å². The Morgan fingerprint density at radius 3 is 2.75 bits per heavy atom. The number of hydrogen-bond donors (Lipinski definition) is 2. The van der Waals surface area contributed by atoms with Crippen molar-refractivity contribution in [2.24, 2.45) is 11.7 Å². The highest BCUT2D eigenvalue weighted by Gasteiger charge is 2.31. The van der Waals surface area contributed by atoms with E-state index in [1.54, 1.807) is 19.1 Å². The summed E-state index contributed by atoms with van der Waals surface area (Å²) in [6.07, 6.45) is 3.02. The Hall–Kier alpha value is -0.980. The molecule has 3 unspecified atom stereocenters. The van der Waals surface area contributed by atoms with Crippen LogP contribution in [0.1, 0.15) is 6.92 Å². The monoisotopic (exact) mass is 247 g/mol. The Morgan fingerprint density at radius 2 is 2.25 bits per heavy atom. The number of nitrogens with two attached hydrogens (primary N) is 1. The molecule has 0 aliphatic heterocycles. The number of alkyl halides is 1. The van der Waals surface area contributed by atoms with Gasteiger partial charge in [-0.1, -0.05) is 18.2 Å². The molecular formula is C10H14FNO3S. The van der Waals surface area contributed by atoms with Crippen molar-refractivity contribution in [1.29, 1.82) is 0 Å². The van der Waals surface area contributed by atoms with E-state index in [0.717, 1.165) is 0 Å². The van der Waals surface area contributed by atoms with Crippen LogP contribution in [-0.2, 0) is 10.3 Å². The van der Waals surface area contributed by atoms with E-state index in [-0.39, 0.29) is 4.86 Å². The summed E-state index contributed by atoms with van der Waals surface area (Å²) in [6, 6.07) is -1.08. The van der Waals surface area contributed by atoms with Gasteiger partial charge in [-0.05, 0) is 12.5 Å². The van der Waals surface area contributed by atoms with Gasteiger partial charge in [-0.25, -0.2) is 4.39 Å². The van der Waals surface area contributed by atoms with Crippen molar-refractivity contribution in [1.82, 2.24) is 0 Å². The van der Waals surface area contributed by atoms with Gasteiger partial charge in [0, 0.05) is 0 Å². The second kappa shape index (κ2) is 5.38. The average molecular weight is 247 g/mol. The van der Waals surface area contributed by atoms with Gasteiger partial charge < -0.3 is 10.8 Å². The third-order valence-electron chi connectivity index (χ3n) is 2.50. The Kier molecular flexibility index (Phi) is 4.40. The van der Waals surface area contributed by atoms with E-state index in [1.165, 1.54) is 6.08 Å². The first-order valence-electron chi connectivity index (χ1n) is 4.81. The first-order chi connectivity index (χ1) is 7.49. The molecule has 0 aromatic carbocycles. The van der Waals surface area contributed by atoms with Crippen LogP contribution in [0, 0.1) is 5.92 Å². The van der Waals surface area contributed by atoms with E-state index in [4.69, 9.17) is 10.8 Å². The second-order valence-electron chi connectivity index (χ2n) is 3.65. The first-order valence-corrected chi connectivity index (χ1v) is 5.88. The summed E-state index contributed by atoms with van der Waals surface area (Å²) >= 11 is 0. The van der Waals surface area contributed by atoms with Crippen molar-refractivity contribution in [2.75, 3.05) is 6.61 Å². The minimum Gasteiger partial charge on any atom is -0.395 e. The van der Waals surface area contributed by atoms with Gasteiger partial charge in [0.2, 0.25) is 10.3 Å². The Bertz CT molecular complexity index is 445. The van der Waals surface area contributed by atoms with Gasteiger partial charge in [0.1, 0.15) is 6.17 Å². The Morgan fingerprint density at radius 1 is 1.62 bits per heavy atom. The molecule has 0 fully saturated rings. The SMILES string of the molecule is CC1=CC=CC(C(F)C(N)CO)C1=S(=O)=O. The van der Waals surface area contributed by atoms with E-state index < -0.39 is 35.0 Å². The highest BCUT2D eigenvalue weighted by molar-refractivity contribution is 7.73. The smallest absolute Gasteiger partial charge is 0.218 e. The van der Waals surface area contributed by atoms with Crippen molar-refractivity contribution in [2.45, 2.75) is 19.1 Å². The minimum atomic E-state index is -2.48. The largest absolute Gasteiger partial charge is 0.395 e. The molecule has 1 aliphatic rings. The molecule has 0 amide bonds. The molecule has 6 heteroatoms. The van der Waals surface area contributed by atoms with Crippen LogP contribution in [0.25, 0.3) is 0 Å². The molecule has 0 aromatic rings. The molecule has 0 heterocycles. The van der Waals surface area contributed by atoms with Crippen LogP contribution in [0.2, 0.25) is 0 Å². The number of halogens is 1. The summed E-state index contributed by atoms with van der Waals surface area (Å²) in [5.41, 5.74) is 5.86. The zero-order valence-electron chi connectivity index (χ0n) is 8.80. The van der Waals surface area contributed by atoms with E-state index in [9.17, 15) is 12.8 Å². The lowest BCUT2D eigenvalue weighted by atomic mass is 9.88. The van der Waals surface area contributed by atoms with Crippen molar-refractivity contribution < 1.29 is 17.9 Å². The fourth-order valence-electron chi connectivity index (χ4n) is 1.61. The molecule has 0 bridgehead atoms. The van der Waals surface area contributed by atoms with Gasteiger partial charge in [-0.2, -0.15) is 8.42 Å². The van der Waals surface area contributed by atoms with Crippen molar-refractivity contribution in [3.05, 3.63) is 23.8 Å². The fraction of sp³-hybridized carbons (Fsp3) is 0.500. The number of rotatable bonds is 3. The topological polar surface area (TPSA) is 80.4 Å². The van der Waals surface area contributed by atoms with Crippen LogP contribution in [0.5, 0.6) is 0 Å². The zero-order valence-corrected chi connectivity index (χ0v) is 9.61. The Balaban J connectivity index is 3.11. The highest BCUT2D eigenvalue weighted by atomic mass is 32.2. The van der Waals surface area contributed by atoms with Crippen LogP contribution < -0.4 is 5.73 Å². The summed E-state index contributed by atoms with van der Waals surface area (Å²) in [7, 11) is -2.48. The summed E-state index contributed by atoms with van der Waals surface area (Å²) in [5.74, 6) is -0.912. The van der Waals surface area contributed by atoms with Crippen LogP contribution in [0.15, 0.2) is 23.8 Å². The third kappa shape index (κ3) is 2.58. The molecule has 1 aliphatic carbocycles. The maximum absolute atomic E-state index is 13.8. The molecule has 4 nitrogen and oxygen atoms in total. The predicted octanol–water partition coefficient (Wildman–Crippen LogP) is -0.172. The van der Waals surface area contributed by atoms with Crippen molar-refractivity contribution in [3.63, 3.8) is 0 Å². The predicted molar refractivity (Wildman–Crippen MR) is 60.3 cm³/mol. The molecule has 0 aromatic heterocycles. The van der Waals surface area contributed by atoms with Crippen LogP contribution in [0.4, 0.5) is 4.39 Å². The van der Waals surface area contributed by atoms with Crippen LogP contribution in [0.3, 0.4) is 0 Å². The molecule has 3 atom stereocenters. The molecule has 3 N–H and O–H groups in total. The standard InChI is InChI=1S/C10H14FNO3S/c1-6-3-2-4-7(10(6)16(14)15)9(11)8(12)5-13/h2-4,7-9,13H,5,12H2,1H3. The van der Waals surface area contributed by atoms with E-state index in [0.29, 0.717) is 5.57 Å². The molecule has 0 saturated heterocycles. The van der Waals surface area contributed by atoms with Gasteiger partial charge in [0.15, 0.2) is 0 Å². The Labute approximate surface area is 94.8 Å². The normalized spacial score (nSPS) is 23.9. The molecule has 0 saturated carbocycles. The summed E-state index contributed by atoms with van der Waals surface area (Å²) in [4.78, 5) is -0.00102. The highest BCUT2D eigenvalue weighted by Crippen LogP contribution is 2.22. The quantitative estimate of drug-likeness (QED) is 0.678. The number of aliphatic hydroxyl groups is 1. The number of allylic oxidation sites excluding steroid dienone is 4. The lowest BCUT2D eigenvalue weighted by Gasteiger charge is -2.24. The molecule has 0 spiro atoms. The van der Waals surface area contributed by atoms with Gasteiger partial charge in [-0.15, -0.1) is 0 Å². The van der Waals surface area contributed by atoms with Gasteiger partial charge in [0.05, 0.1) is 23.4 Å². The number of hydrogen-bond acceptors (Lipinski definition) is 4. The zero-order chi connectivity index (χ0) is 12.3. The number of aliphatic hydroxyl groups excluding tert-OH is 1. The fourth-order valence-corrected chi connectivity index (χ4v) is 2.37. The van der Waals surface area contributed by atoms with Crippen LogP contribution >= 0.6 is 0 Å². The van der Waals surface area contributed by atoms with Gasteiger partial charge in [0.25, 0.3) is 0 Å². The molecule has 90 valence electrons. The van der Waals surface area contributed by atoms with Crippen molar-refractivity contribution in [3.8, 4) is 0 Å². The summed E-state index contributed by atoms with van der Waals surface area (Å²) in [6.45, 7) is 1.08. The second-order valence-corrected chi connectivity index (χ2v) is 4.56. The maximum Gasteiger partial charge on any atom is 0.218 e. The van der Waals surface area contributed by atoms with Gasteiger partial charge in [-0.3, -0.25) is 0 Å². The third-order valence-corrected chi connectivity index (χ3v) is 3.45. The summed E-state index contributed by atoms with van der Waals surface area (Å²) in [5, 5.41) is 8.76. The molecule has 1 rings (SSSR count). The lowest BCUT2D eigenvalue weighted by Crippen LogP contribution is -2.42. The molecular weight excluding hydrogens is 233 g/mol. The van der Waals surface area contributed by atoms with Crippen LogP contribution in [-0.4, -0.2) is 37.2 Å². The molecule has 0 radical (unpaired) electrons. The van der Waals surface area contributed by atoms with E-state index in [2.05, 4.69) is 0 Å². The average Bonchev–Trinajstić information content (AvgIpc) is 2.26. The minimum absolute atomic E-state index is 0.00102. The molecule has 16 heavy (non-hydrogen) atoms. The maximum atomic E-state index is 13.8. The van der Waals surface area contributed by atoms with Gasteiger partial charge >= 0.3 is 0 Å².